The molecule has 1 aromatic rings. The Morgan fingerprint density at radius 3 is 2.78 bits per heavy atom. The highest BCUT2D eigenvalue weighted by Gasteiger charge is 2.51. The Morgan fingerprint density at radius 2 is 2.06 bits per heavy atom. The van der Waals surface area contributed by atoms with Gasteiger partial charge in [0, 0.05) is 62.5 Å². The van der Waals surface area contributed by atoms with E-state index in [1.165, 1.54) is 30.4 Å². The number of amides is 1. The Kier molecular flexibility index (Phi) is 6.12. The highest BCUT2D eigenvalue weighted by atomic mass is 16.6. The molecule has 5 rings (SSSR count). The Bertz CT molecular complexity index is 858. The number of hydrogen-bond donors (Lipinski definition) is 1. The number of aromatic nitrogens is 1. The summed E-state index contributed by atoms with van der Waals surface area (Å²) in [5.74, 6) is 1.10. The van der Waals surface area contributed by atoms with Gasteiger partial charge in [-0.05, 0) is 63.2 Å². The van der Waals surface area contributed by atoms with Crippen molar-refractivity contribution in [1.82, 2.24) is 14.8 Å². The summed E-state index contributed by atoms with van der Waals surface area (Å²) in [6.45, 7) is 8.17. The Labute approximate surface area is 191 Å². The lowest BCUT2D eigenvalue weighted by atomic mass is 9.78. The standard InChI is InChI=1S/C25H36N4O3/c1-2-32-24(31)29-17-25(18-29)10-9-20(16-25)27-12-14-28(15-13-27)23-22(4-3-11-26-23)19-5-7-21(30)8-6-19/h3-5,11,20-21,30H,2,6-10,12-18H2,1H3/t20-,21?/m1/s1. The van der Waals surface area contributed by atoms with E-state index in [1.54, 1.807) is 0 Å². The average Bonchev–Trinajstić information content (AvgIpc) is 3.25. The van der Waals surface area contributed by atoms with E-state index >= 15 is 0 Å². The fraction of sp³-hybridized carbons (Fsp3) is 0.680. The first-order valence-electron chi connectivity index (χ1n) is 12.3. The molecule has 174 valence electrons. The summed E-state index contributed by atoms with van der Waals surface area (Å²) in [6, 6.07) is 4.84. The van der Waals surface area contributed by atoms with E-state index in [1.807, 2.05) is 24.1 Å². The summed E-state index contributed by atoms with van der Waals surface area (Å²) in [7, 11) is 0. The molecular formula is C25H36N4O3. The minimum absolute atomic E-state index is 0.149. The van der Waals surface area contributed by atoms with Crippen LogP contribution >= 0.6 is 0 Å². The van der Waals surface area contributed by atoms with Crippen LogP contribution in [0.15, 0.2) is 24.4 Å². The molecule has 2 saturated heterocycles. The fourth-order valence-electron chi connectivity index (χ4n) is 6.15. The molecule has 2 aliphatic carbocycles. The van der Waals surface area contributed by atoms with Crippen LogP contribution in [0.5, 0.6) is 0 Å². The van der Waals surface area contributed by atoms with Crippen LogP contribution in [0.4, 0.5) is 10.6 Å². The lowest BCUT2D eigenvalue weighted by Gasteiger charge is -2.48. The number of rotatable bonds is 4. The van der Waals surface area contributed by atoms with Gasteiger partial charge in [0.25, 0.3) is 0 Å². The number of anilines is 1. The minimum Gasteiger partial charge on any atom is -0.450 e. The van der Waals surface area contributed by atoms with Crippen LogP contribution in [-0.2, 0) is 4.74 Å². The van der Waals surface area contributed by atoms with Gasteiger partial charge in [-0.15, -0.1) is 0 Å². The fourth-order valence-corrected chi connectivity index (χ4v) is 6.15. The molecule has 7 nitrogen and oxygen atoms in total. The summed E-state index contributed by atoms with van der Waals surface area (Å²) < 4.78 is 5.15. The van der Waals surface area contributed by atoms with E-state index in [0.717, 1.165) is 64.3 Å². The van der Waals surface area contributed by atoms with Crippen molar-refractivity contribution in [3.05, 3.63) is 30.0 Å². The molecule has 32 heavy (non-hydrogen) atoms. The number of hydrogen-bond acceptors (Lipinski definition) is 6. The van der Waals surface area contributed by atoms with E-state index in [4.69, 9.17) is 9.72 Å². The third-order valence-electron chi connectivity index (χ3n) is 7.90. The SMILES string of the molecule is CCOC(=O)N1CC2(CC[C@@H](N3CCN(c4ncccc4C4=CCC(O)CC4)CC3)C2)C1. The molecule has 2 aliphatic heterocycles. The van der Waals surface area contributed by atoms with Crippen molar-refractivity contribution >= 4 is 17.5 Å². The summed E-state index contributed by atoms with van der Waals surface area (Å²) in [4.78, 5) is 23.7. The molecule has 3 fully saturated rings. The molecule has 1 saturated carbocycles. The summed E-state index contributed by atoms with van der Waals surface area (Å²) in [6.07, 6.45) is 9.91. The number of carbonyl (C=O) groups is 1. The molecular weight excluding hydrogens is 404 g/mol. The predicted octanol–water partition coefficient (Wildman–Crippen LogP) is 3.14. The van der Waals surface area contributed by atoms with Crippen LogP contribution in [0.3, 0.4) is 0 Å². The first kappa shape index (κ1) is 21.7. The molecule has 2 atom stereocenters. The largest absolute Gasteiger partial charge is 0.450 e. The van der Waals surface area contributed by atoms with Gasteiger partial charge in [0.15, 0.2) is 0 Å². The van der Waals surface area contributed by atoms with Crippen molar-refractivity contribution in [2.24, 2.45) is 5.41 Å². The van der Waals surface area contributed by atoms with Gasteiger partial charge in [-0.1, -0.05) is 6.08 Å². The van der Waals surface area contributed by atoms with Crippen LogP contribution in [0.25, 0.3) is 5.57 Å². The minimum atomic E-state index is -0.197. The molecule has 1 N–H and O–H groups in total. The summed E-state index contributed by atoms with van der Waals surface area (Å²) in [5.41, 5.74) is 2.89. The highest BCUT2D eigenvalue weighted by molar-refractivity contribution is 5.75. The van der Waals surface area contributed by atoms with Gasteiger partial charge in [0.2, 0.25) is 0 Å². The summed E-state index contributed by atoms with van der Waals surface area (Å²) >= 11 is 0. The van der Waals surface area contributed by atoms with Gasteiger partial charge in [0.1, 0.15) is 5.82 Å². The van der Waals surface area contributed by atoms with E-state index in [-0.39, 0.29) is 12.2 Å². The zero-order chi connectivity index (χ0) is 22.1. The number of aliphatic hydroxyl groups excluding tert-OH is 1. The van der Waals surface area contributed by atoms with E-state index in [2.05, 4.69) is 21.9 Å². The average molecular weight is 441 g/mol. The maximum atomic E-state index is 11.9. The van der Waals surface area contributed by atoms with Crippen LogP contribution in [-0.4, -0.2) is 84.0 Å². The van der Waals surface area contributed by atoms with Gasteiger partial charge in [0.05, 0.1) is 12.7 Å². The van der Waals surface area contributed by atoms with Crippen LogP contribution in [0, 0.1) is 5.41 Å². The lowest BCUT2D eigenvalue weighted by Crippen LogP contribution is -2.58. The molecule has 1 amide bonds. The molecule has 0 bridgehead atoms. The van der Waals surface area contributed by atoms with Crippen molar-refractivity contribution in [2.45, 2.75) is 57.6 Å². The van der Waals surface area contributed by atoms with Gasteiger partial charge >= 0.3 is 6.09 Å². The van der Waals surface area contributed by atoms with E-state index < -0.39 is 0 Å². The molecule has 7 heteroatoms. The maximum absolute atomic E-state index is 11.9. The number of piperazine rings is 1. The molecule has 4 aliphatic rings. The van der Waals surface area contributed by atoms with Crippen molar-refractivity contribution in [3.8, 4) is 0 Å². The van der Waals surface area contributed by atoms with Crippen molar-refractivity contribution in [2.75, 3.05) is 50.8 Å². The van der Waals surface area contributed by atoms with Gasteiger partial charge in [-0.25, -0.2) is 9.78 Å². The number of carbonyl (C=O) groups excluding carboxylic acids is 1. The smallest absolute Gasteiger partial charge is 0.409 e. The molecule has 3 heterocycles. The van der Waals surface area contributed by atoms with Gasteiger partial charge < -0.3 is 19.6 Å². The number of likely N-dealkylation sites (tertiary alicyclic amines) is 1. The molecule has 1 unspecified atom stereocenters. The Balaban J connectivity index is 1.16. The predicted molar refractivity (Wildman–Crippen MR) is 125 cm³/mol. The van der Waals surface area contributed by atoms with Gasteiger partial charge in [-0.2, -0.15) is 0 Å². The van der Waals surface area contributed by atoms with Crippen LogP contribution in [0.1, 0.15) is 51.0 Å². The number of aliphatic hydroxyl groups is 1. The molecule has 0 radical (unpaired) electrons. The molecule has 0 aromatic carbocycles. The zero-order valence-corrected chi connectivity index (χ0v) is 19.2. The third kappa shape index (κ3) is 4.25. The second-order valence-electron chi connectivity index (χ2n) is 10.0. The Morgan fingerprint density at radius 1 is 1.25 bits per heavy atom. The highest BCUT2D eigenvalue weighted by Crippen LogP contribution is 2.47. The first-order chi connectivity index (χ1) is 15.6. The van der Waals surface area contributed by atoms with E-state index in [0.29, 0.717) is 18.1 Å². The third-order valence-corrected chi connectivity index (χ3v) is 7.90. The monoisotopic (exact) mass is 440 g/mol. The lowest BCUT2D eigenvalue weighted by molar-refractivity contribution is -0.00294. The topological polar surface area (TPSA) is 69.1 Å². The maximum Gasteiger partial charge on any atom is 0.409 e. The number of pyridine rings is 1. The normalized spacial score (nSPS) is 27.9. The van der Waals surface area contributed by atoms with E-state index in [9.17, 15) is 9.90 Å². The molecule has 1 aromatic heterocycles. The molecule has 1 spiro atoms. The van der Waals surface area contributed by atoms with Crippen LogP contribution < -0.4 is 4.90 Å². The van der Waals surface area contributed by atoms with Crippen molar-refractivity contribution in [1.29, 1.82) is 0 Å². The van der Waals surface area contributed by atoms with Crippen LogP contribution in [0.2, 0.25) is 0 Å². The Hall–Kier alpha value is -2.12. The van der Waals surface area contributed by atoms with Crippen molar-refractivity contribution < 1.29 is 14.6 Å². The van der Waals surface area contributed by atoms with Crippen molar-refractivity contribution in [3.63, 3.8) is 0 Å². The number of ether oxygens (including phenoxy) is 1. The quantitative estimate of drug-likeness (QED) is 0.776. The number of nitrogens with zero attached hydrogens (tertiary/aromatic N) is 4. The van der Waals surface area contributed by atoms with Gasteiger partial charge in [-0.3, -0.25) is 4.90 Å². The second-order valence-corrected chi connectivity index (χ2v) is 10.0. The second kappa shape index (κ2) is 9.02. The number of allylic oxidation sites excluding steroid dienone is 1. The first-order valence-corrected chi connectivity index (χ1v) is 12.3. The summed E-state index contributed by atoms with van der Waals surface area (Å²) in [5, 5.41) is 9.85. The zero-order valence-electron chi connectivity index (χ0n) is 19.2.